The first-order valence-corrected chi connectivity index (χ1v) is 11.4. The van der Waals surface area contributed by atoms with Crippen LogP contribution < -0.4 is 0 Å². The van der Waals surface area contributed by atoms with Crippen LogP contribution in [0.15, 0.2) is 30.3 Å². The van der Waals surface area contributed by atoms with E-state index >= 15 is 0 Å². The van der Waals surface area contributed by atoms with Gasteiger partial charge in [0.15, 0.2) is 0 Å². The van der Waals surface area contributed by atoms with Crippen molar-refractivity contribution >= 4 is 28.6 Å². The molecule has 1 fully saturated rings. The van der Waals surface area contributed by atoms with Gasteiger partial charge in [-0.2, -0.15) is 0 Å². The lowest BCUT2D eigenvalue weighted by molar-refractivity contribution is -0.143. The minimum absolute atomic E-state index is 0.0555. The second-order valence-electron chi connectivity index (χ2n) is 8.33. The molecule has 3 aromatic rings. The normalized spacial score (nSPS) is 14.8. The van der Waals surface area contributed by atoms with E-state index in [1.807, 2.05) is 25.1 Å². The molecule has 1 aliphatic rings. The molecule has 0 amide bonds. The van der Waals surface area contributed by atoms with Crippen molar-refractivity contribution in [3.05, 3.63) is 58.1 Å². The first-order chi connectivity index (χ1) is 15.4. The number of nitrogens with zero attached hydrogens (tertiary/aromatic N) is 3. The summed E-state index contributed by atoms with van der Waals surface area (Å²) in [7, 11) is 0. The fourth-order valence-corrected chi connectivity index (χ4v) is 4.42. The van der Waals surface area contributed by atoms with Gasteiger partial charge in [0.05, 0.1) is 24.1 Å². The maximum atomic E-state index is 14.4. The number of halogens is 3. The van der Waals surface area contributed by atoms with Crippen LogP contribution >= 0.6 is 11.6 Å². The molecule has 1 atom stereocenters. The van der Waals surface area contributed by atoms with Crippen LogP contribution in [0.25, 0.3) is 11.0 Å². The van der Waals surface area contributed by atoms with E-state index in [1.165, 1.54) is 0 Å². The molecule has 0 saturated heterocycles. The highest BCUT2D eigenvalue weighted by atomic mass is 35.5. The summed E-state index contributed by atoms with van der Waals surface area (Å²) >= 11 is 6.09. The van der Waals surface area contributed by atoms with Gasteiger partial charge in [-0.05, 0) is 60.9 Å². The Morgan fingerprint density at radius 3 is 2.72 bits per heavy atom. The standard InChI is InChI=1S/C24H26ClF2N3O2/c1-3-32-21(31)11-19(16-7-4-14(2)17(10-16)12-25)18-8-9-20-23(22(18)24(26)27)28-29-30(20)13-15-5-6-15/h4,7-10,15,19,24H,3,5-6,11-13H2,1-2H3. The Labute approximate surface area is 190 Å². The number of hydrogen-bond donors (Lipinski definition) is 0. The lowest BCUT2D eigenvalue weighted by Gasteiger charge is -2.22. The highest BCUT2D eigenvalue weighted by molar-refractivity contribution is 6.17. The Morgan fingerprint density at radius 2 is 2.06 bits per heavy atom. The van der Waals surface area contributed by atoms with Crippen molar-refractivity contribution in [1.29, 1.82) is 0 Å². The average Bonchev–Trinajstić information content (AvgIpc) is 3.50. The average molecular weight is 462 g/mol. The molecule has 0 radical (unpaired) electrons. The van der Waals surface area contributed by atoms with Crippen LogP contribution in [0.4, 0.5) is 8.78 Å². The summed E-state index contributed by atoms with van der Waals surface area (Å²) in [5.74, 6) is -0.225. The topological polar surface area (TPSA) is 57.0 Å². The van der Waals surface area contributed by atoms with Gasteiger partial charge in [0.25, 0.3) is 6.43 Å². The third-order valence-electron chi connectivity index (χ3n) is 6.08. The largest absolute Gasteiger partial charge is 0.466 e. The fraction of sp³-hybridized carbons (Fsp3) is 0.458. The van der Waals surface area contributed by atoms with Crippen molar-refractivity contribution in [2.45, 2.75) is 57.9 Å². The van der Waals surface area contributed by atoms with Crippen molar-refractivity contribution in [2.75, 3.05) is 6.61 Å². The molecule has 0 spiro atoms. The van der Waals surface area contributed by atoms with E-state index in [9.17, 15) is 13.6 Å². The number of rotatable bonds is 9. The fourth-order valence-electron chi connectivity index (χ4n) is 4.13. The summed E-state index contributed by atoms with van der Waals surface area (Å²) in [4.78, 5) is 12.4. The van der Waals surface area contributed by atoms with Crippen molar-refractivity contribution in [3.8, 4) is 0 Å². The molecule has 1 aliphatic carbocycles. The third-order valence-corrected chi connectivity index (χ3v) is 6.37. The maximum Gasteiger partial charge on any atom is 0.306 e. The molecule has 5 nitrogen and oxygen atoms in total. The first kappa shape index (κ1) is 22.6. The molecule has 4 rings (SSSR count). The van der Waals surface area contributed by atoms with Crippen molar-refractivity contribution in [2.24, 2.45) is 5.92 Å². The zero-order valence-corrected chi connectivity index (χ0v) is 18.9. The molecule has 0 N–H and O–H groups in total. The second-order valence-corrected chi connectivity index (χ2v) is 8.60. The van der Waals surface area contributed by atoms with Crippen LogP contribution in [0.5, 0.6) is 0 Å². The van der Waals surface area contributed by atoms with E-state index in [1.54, 1.807) is 23.7 Å². The SMILES string of the molecule is CCOC(=O)CC(c1ccc(C)c(CCl)c1)c1ccc2c(nnn2CC2CC2)c1C(F)F. The van der Waals surface area contributed by atoms with Gasteiger partial charge in [-0.1, -0.05) is 29.5 Å². The van der Waals surface area contributed by atoms with E-state index < -0.39 is 18.3 Å². The number of aryl methyl sites for hydroxylation is 1. The van der Waals surface area contributed by atoms with E-state index in [0.717, 1.165) is 29.5 Å². The van der Waals surface area contributed by atoms with Gasteiger partial charge in [-0.25, -0.2) is 13.5 Å². The molecule has 1 saturated carbocycles. The number of fused-ring (bicyclic) bond motifs is 1. The minimum Gasteiger partial charge on any atom is -0.466 e. The Hall–Kier alpha value is -2.54. The summed E-state index contributed by atoms with van der Waals surface area (Å²) < 4.78 is 35.7. The second kappa shape index (κ2) is 9.53. The van der Waals surface area contributed by atoms with Gasteiger partial charge >= 0.3 is 5.97 Å². The molecule has 170 valence electrons. The number of carbonyl (C=O) groups is 1. The zero-order valence-electron chi connectivity index (χ0n) is 18.2. The van der Waals surface area contributed by atoms with Gasteiger partial charge in [0.1, 0.15) is 5.52 Å². The van der Waals surface area contributed by atoms with Gasteiger partial charge in [0, 0.05) is 18.3 Å². The maximum absolute atomic E-state index is 14.4. The molecule has 0 aliphatic heterocycles. The summed E-state index contributed by atoms with van der Waals surface area (Å²) in [6.07, 6.45) is -0.569. The highest BCUT2D eigenvalue weighted by Gasteiger charge is 2.30. The predicted molar refractivity (Wildman–Crippen MR) is 119 cm³/mol. The number of ether oxygens (including phenoxy) is 1. The predicted octanol–water partition coefficient (Wildman–Crippen LogP) is 5.91. The van der Waals surface area contributed by atoms with Crippen molar-refractivity contribution in [1.82, 2.24) is 15.0 Å². The van der Waals surface area contributed by atoms with Crippen LogP contribution in [0.1, 0.15) is 66.3 Å². The third kappa shape index (κ3) is 4.63. The van der Waals surface area contributed by atoms with E-state index in [4.69, 9.17) is 16.3 Å². The number of esters is 1. The summed E-state index contributed by atoms with van der Waals surface area (Å²) in [6, 6.07) is 9.11. The smallest absolute Gasteiger partial charge is 0.306 e. The lowest BCUT2D eigenvalue weighted by Crippen LogP contribution is -2.14. The van der Waals surface area contributed by atoms with Gasteiger partial charge in [0.2, 0.25) is 0 Å². The minimum atomic E-state index is -2.76. The molecule has 32 heavy (non-hydrogen) atoms. The van der Waals surface area contributed by atoms with Gasteiger partial charge < -0.3 is 4.74 Å². The lowest BCUT2D eigenvalue weighted by atomic mass is 9.84. The van der Waals surface area contributed by atoms with E-state index in [-0.39, 0.29) is 24.1 Å². The van der Waals surface area contributed by atoms with E-state index in [2.05, 4.69) is 10.3 Å². The number of carbonyl (C=O) groups excluding carboxylic acids is 1. The number of benzene rings is 2. The quantitative estimate of drug-likeness (QED) is 0.293. The molecule has 1 heterocycles. The van der Waals surface area contributed by atoms with Crippen LogP contribution in [-0.4, -0.2) is 27.6 Å². The number of alkyl halides is 3. The summed E-state index contributed by atoms with van der Waals surface area (Å²) in [5, 5.41) is 8.26. The summed E-state index contributed by atoms with van der Waals surface area (Å²) in [5.41, 5.74) is 3.62. The Balaban J connectivity index is 1.84. The number of hydrogen-bond acceptors (Lipinski definition) is 4. The van der Waals surface area contributed by atoms with Crippen molar-refractivity contribution in [3.63, 3.8) is 0 Å². The number of aromatic nitrogens is 3. The zero-order chi connectivity index (χ0) is 22.8. The molecule has 0 bridgehead atoms. The van der Waals surface area contributed by atoms with Crippen LogP contribution in [0.3, 0.4) is 0 Å². The van der Waals surface area contributed by atoms with Crippen LogP contribution in [0, 0.1) is 12.8 Å². The Morgan fingerprint density at radius 1 is 1.28 bits per heavy atom. The first-order valence-electron chi connectivity index (χ1n) is 10.9. The van der Waals surface area contributed by atoms with Crippen LogP contribution in [-0.2, 0) is 22.0 Å². The highest BCUT2D eigenvalue weighted by Crippen LogP contribution is 2.40. The van der Waals surface area contributed by atoms with E-state index in [0.29, 0.717) is 29.4 Å². The molecule has 8 heteroatoms. The summed E-state index contributed by atoms with van der Waals surface area (Å²) in [6.45, 7) is 4.57. The molecule has 2 aromatic carbocycles. The van der Waals surface area contributed by atoms with Crippen LogP contribution in [0.2, 0.25) is 0 Å². The van der Waals surface area contributed by atoms with Gasteiger partial charge in [-0.15, -0.1) is 16.7 Å². The molecule has 1 unspecified atom stereocenters. The van der Waals surface area contributed by atoms with Gasteiger partial charge in [-0.3, -0.25) is 4.79 Å². The molecular formula is C24H26ClF2N3O2. The Kier molecular flexibility index (Phi) is 6.74. The monoisotopic (exact) mass is 461 g/mol. The molecule has 1 aromatic heterocycles. The van der Waals surface area contributed by atoms with Crippen molar-refractivity contribution < 1.29 is 18.3 Å². The molecular weight excluding hydrogens is 436 g/mol. The Bertz CT molecular complexity index is 1130.